The van der Waals surface area contributed by atoms with Crippen molar-refractivity contribution in [2.75, 3.05) is 31.8 Å². The van der Waals surface area contributed by atoms with Gasteiger partial charge in [0.2, 0.25) is 0 Å². The number of thiol groups is 1. The summed E-state index contributed by atoms with van der Waals surface area (Å²) in [4.78, 5) is 19.8. The summed E-state index contributed by atoms with van der Waals surface area (Å²) in [5, 5.41) is 21.4. The molecule has 0 spiro atoms. The molecule has 30 heavy (non-hydrogen) atoms. The van der Waals surface area contributed by atoms with Crippen molar-refractivity contribution in [2.45, 2.75) is 37.4 Å². The van der Waals surface area contributed by atoms with Gasteiger partial charge in [-0.3, -0.25) is 9.36 Å². The summed E-state index contributed by atoms with van der Waals surface area (Å²) in [6, 6.07) is 1.66. The van der Waals surface area contributed by atoms with Gasteiger partial charge in [0.1, 0.15) is 36.1 Å². The number of nitrogens with two attached hydrogens (primary N) is 1. The topological polar surface area (TPSA) is 142 Å². The summed E-state index contributed by atoms with van der Waals surface area (Å²) >= 11 is 4.05. The molecule has 11 heteroatoms. The second-order valence-electron chi connectivity index (χ2n) is 6.69. The number of nitrogen functional groups attached to an aromatic ring is 1. The van der Waals surface area contributed by atoms with Crippen molar-refractivity contribution in [1.29, 1.82) is 0 Å². The van der Waals surface area contributed by atoms with Gasteiger partial charge in [0.15, 0.2) is 12.8 Å². The highest BCUT2D eigenvalue weighted by Gasteiger charge is 2.44. The molecule has 0 radical (unpaired) electrons. The zero-order valence-corrected chi connectivity index (χ0v) is 17.3. The summed E-state index contributed by atoms with van der Waals surface area (Å²) < 4.78 is 17.5. The van der Waals surface area contributed by atoms with E-state index in [4.69, 9.17) is 19.9 Å². The number of ether oxygens (including phenoxy) is 3. The Kier molecular flexibility index (Phi) is 7.52. The number of carbonyl (C=O) groups is 1. The number of methoxy groups -OCH3 is 1. The van der Waals surface area contributed by atoms with Gasteiger partial charge in [-0.25, -0.2) is 9.97 Å². The summed E-state index contributed by atoms with van der Waals surface area (Å²) in [7, 11) is 1.48. The zero-order chi connectivity index (χ0) is 21.7. The fraction of sp³-hybridized carbons (Fsp3) is 0.526. The average Bonchev–Trinajstić information content (AvgIpc) is 3.23. The van der Waals surface area contributed by atoms with Crippen LogP contribution in [0.2, 0.25) is 0 Å². The standard InChI is InChI=1S/C19H24N4O6S/c1-27-9-13-15(25)16(26)19(29-13)23-11(4-2-6-28-14(24)5-3-7-30)8-12-17(20)21-10-22-18(12)23/h8,10,13,15-16,19,25-26,30H,3,5-7,9H2,1H3,(H2,20,21,22). The Balaban J connectivity index is 1.89. The van der Waals surface area contributed by atoms with Crippen molar-refractivity contribution >= 4 is 35.4 Å². The van der Waals surface area contributed by atoms with E-state index in [0.29, 0.717) is 28.9 Å². The molecule has 1 saturated heterocycles. The van der Waals surface area contributed by atoms with Crippen LogP contribution in [-0.4, -0.2) is 75.1 Å². The highest BCUT2D eigenvalue weighted by molar-refractivity contribution is 7.80. The number of aliphatic hydroxyl groups is 2. The van der Waals surface area contributed by atoms with Gasteiger partial charge < -0.3 is 30.2 Å². The molecule has 1 aliphatic heterocycles. The maximum Gasteiger partial charge on any atom is 0.306 e. The lowest BCUT2D eigenvalue weighted by Crippen LogP contribution is -2.33. The van der Waals surface area contributed by atoms with Crippen molar-refractivity contribution in [2.24, 2.45) is 0 Å². The first kappa shape index (κ1) is 22.3. The first-order chi connectivity index (χ1) is 14.5. The predicted molar refractivity (Wildman–Crippen MR) is 111 cm³/mol. The number of fused-ring (bicyclic) bond motifs is 1. The third-order valence-electron chi connectivity index (χ3n) is 4.65. The third kappa shape index (κ3) is 4.69. The molecular weight excluding hydrogens is 412 g/mol. The van der Waals surface area contributed by atoms with E-state index in [1.807, 2.05) is 0 Å². The van der Waals surface area contributed by atoms with Gasteiger partial charge in [-0.05, 0) is 24.2 Å². The lowest BCUT2D eigenvalue weighted by Gasteiger charge is -2.18. The predicted octanol–water partition coefficient (Wildman–Crippen LogP) is -0.116. The van der Waals surface area contributed by atoms with Crippen LogP contribution in [0.4, 0.5) is 5.82 Å². The Morgan fingerprint density at radius 2 is 2.20 bits per heavy atom. The molecule has 1 aliphatic rings. The fourth-order valence-electron chi connectivity index (χ4n) is 3.19. The minimum absolute atomic E-state index is 0.100. The largest absolute Gasteiger partial charge is 0.452 e. The molecule has 4 atom stereocenters. The second kappa shape index (κ2) is 10.1. The molecule has 3 rings (SSSR count). The number of nitrogens with zero attached hydrogens (tertiary/aromatic N) is 3. The number of anilines is 1. The minimum atomic E-state index is -1.24. The van der Waals surface area contributed by atoms with Crippen LogP contribution in [0.3, 0.4) is 0 Å². The van der Waals surface area contributed by atoms with Gasteiger partial charge in [0.25, 0.3) is 0 Å². The van der Waals surface area contributed by atoms with Crippen LogP contribution in [-0.2, 0) is 19.0 Å². The number of rotatable bonds is 7. The molecule has 162 valence electrons. The molecular formula is C19H24N4O6S. The first-order valence-electron chi connectivity index (χ1n) is 9.35. The van der Waals surface area contributed by atoms with E-state index < -0.39 is 24.5 Å². The van der Waals surface area contributed by atoms with Crippen molar-refractivity contribution in [3.63, 3.8) is 0 Å². The van der Waals surface area contributed by atoms with Crippen molar-refractivity contribution in [3.8, 4) is 11.8 Å². The van der Waals surface area contributed by atoms with E-state index >= 15 is 0 Å². The maximum absolute atomic E-state index is 11.6. The molecule has 4 unspecified atom stereocenters. The summed E-state index contributed by atoms with van der Waals surface area (Å²) in [5.41, 5.74) is 6.76. The Bertz CT molecular complexity index is 956. The lowest BCUT2D eigenvalue weighted by atomic mass is 10.1. The van der Waals surface area contributed by atoms with Gasteiger partial charge in [-0.1, -0.05) is 5.92 Å². The van der Waals surface area contributed by atoms with Crippen LogP contribution in [0.1, 0.15) is 24.8 Å². The molecule has 2 aromatic rings. The van der Waals surface area contributed by atoms with Crippen LogP contribution >= 0.6 is 12.6 Å². The molecule has 0 bridgehead atoms. The van der Waals surface area contributed by atoms with Gasteiger partial charge in [0, 0.05) is 13.5 Å². The average molecular weight is 436 g/mol. The molecule has 2 aromatic heterocycles. The minimum Gasteiger partial charge on any atom is -0.452 e. The van der Waals surface area contributed by atoms with E-state index in [0.717, 1.165) is 0 Å². The molecule has 0 aromatic carbocycles. The number of aliphatic hydroxyl groups excluding tert-OH is 2. The Hall–Kier alpha value is -2.36. The molecule has 10 nitrogen and oxygen atoms in total. The van der Waals surface area contributed by atoms with Crippen molar-refractivity contribution in [3.05, 3.63) is 18.1 Å². The third-order valence-corrected chi connectivity index (χ3v) is 4.96. The molecule has 0 aliphatic carbocycles. The quantitative estimate of drug-likeness (QED) is 0.265. The number of hydrogen-bond acceptors (Lipinski definition) is 10. The molecule has 0 amide bonds. The summed E-state index contributed by atoms with van der Waals surface area (Å²) in [6.07, 6.45) is -1.88. The van der Waals surface area contributed by atoms with Crippen LogP contribution < -0.4 is 5.73 Å². The van der Waals surface area contributed by atoms with Crippen LogP contribution in [0.15, 0.2) is 12.4 Å². The van der Waals surface area contributed by atoms with E-state index in [2.05, 4.69) is 34.4 Å². The second-order valence-corrected chi connectivity index (χ2v) is 7.13. The normalized spacial score (nSPS) is 23.3. The van der Waals surface area contributed by atoms with Gasteiger partial charge in [0.05, 0.1) is 17.7 Å². The van der Waals surface area contributed by atoms with Crippen LogP contribution in [0.25, 0.3) is 11.0 Å². The van der Waals surface area contributed by atoms with Crippen LogP contribution in [0.5, 0.6) is 0 Å². The Morgan fingerprint density at radius 3 is 2.93 bits per heavy atom. The molecule has 1 fully saturated rings. The monoisotopic (exact) mass is 436 g/mol. The molecule has 0 saturated carbocycles. The maximum atomic E-state index is 11.6. The fourth-order valence-corrected chi connectivity index (χ4v) is 3.35. The number of hydrogen-bond donors (Lipinski definition) is 4. The lowest BCUT2D eigenvalue weighted by molar-refractivity contribution is -0.142. The van der Waals surface area contributed by atoms with Crippen LogP contribution in [0, 0.1) is 11.8 Å². The van der Waals surface area contributed by atoms with E-state index in [9.17, 15) is 15.0 Å². The smallest absolute Gasteiger partial charge is 0.306 e. The highest BCUT2D eigenvalue weighted by Crippen LogP contribution is 2.34. The van der Waals surface area contributed by atoms with Crippen molar-refractivity contribution < 1.29 is 29.2 Å². The molecule has 3 heterocycles. The number of carbonyl (C=O) groups excluding carboxylic acids is 1. The summed E-state index contributed by atoms with van der Waals surface area (Å²) in [6.45, 7) is 0.00535. The van der Waals surface area contributed by atoms with Gasteiger partial charge >= 0.3 is 5.97 Å². The Morgan fingerprint density at radius 1 is 1.40 bits per heavy atom. The van der Waals surface area contributed by atoms with Crippen molar-refractivity contribution in [1.82, 2.24) is 14.5 Å². The van der Waals surface area contributed by atoms with Gasteiger partial charge in [-0.2, -0.15) is 12.6 Å². The van der Waals surface area contributed by atoms with E-state index in [1.165, 1.54) is 13.4 Å². The number of aromatic nitrogens is 3. The first-order valence-corrected chi connectivity index (χ1v) is 9.98. The number of esters is 1. The Labute approximate surface area is 178 Å². The zero-order valence-electron chi connectivity index (χ0n) is 16.4. The molecule has 4 N–H and O–H groups in total. The highest BCUT2D eigenvalue weighted by atomic mass is 32.1. The summed E-state index contributed by atoms with van der Waals surface area (Å²) in [5.74, 6) is 6.15. The van der Waals surface area contributed by atoms with Gasteiger partial charge in [-0.15, -0.1) is 0 Å². The van der Waals surface area contributed by atoms with E-state index in [1.54, 1.807) is 10.6 Å². The SMILES string of the molecule is COCC1OC(n2c(C#CCOC(=O)CCCS)cc3c(N)ncnc32)C(O)C1O. The van der Waals surface area contributed by atoms with E-state index in [-0.39, 0.29) is 31.4 Å².